The third kappa shape index (κ3) is 5.17. The molecule has 0 radical (unpaired) electrons. The molecule has 3 fully saturated rings. The molecule has 2 bridgehead atoms. The predicted octanol–water partition coefficient (Wildman–Crippen LogP) is 5.53. The first-order chi connectivity index (χ1) is 21.4. The van der Waals surface area contributed by atoms with Crippen molar-refractivity contribution in [2.45, 2.75) is 69.4 Å². The Hall–Kier alpha value is -4.43. The van der Waals surface area contributed by atoms with Crippen molar-refractivity contribution in [1.82, 2.24) is 10.2 Å². The van der Waals surface area contributed by atoms with Crippen LogP contribution in [0.2, 0.25) is 0 Å². The largest absolute Gasteiger partial charge is 0.457 e. The number of nitrogens with zero attached hydrogens (tertiary/aromatic N) is 1. The number of amides is 3. The fraction of sp³-hybridized carbons (Fsp3) is 0.361. The van der Waals surface area contributed by atoms with Crippen molar-refractivity contribution in [3.8, 4) is 11.5 Å². The number of hydrogen-bond acceptors (Lipinski definition) is 5. The summed E-state index contributed by atoms with van der Waals surface area (Å²) in [5.41, 5.74) is 1.43. The van der Waals surface area contributed by atoms with Crippen molar-refractivity contribution in [3.63, 3.8) is 0 Å². The summed E-state index contributed by atoms with van der Waals surface area (Å²) in [6.07, 6.45) is 8.32. The molecular weight excluding hydrogens is 554 g/mol. The molecule has 7 rings (SSSR count). The summed E-state index contributed by atoms with van der Waals surface area (Å²) < 4.78 is 12.4. The summed E-state index contributed by atoms with van der Waals surface area (Å²) in [5, 5.41) is 6.23. The molecule has 4 aliphatic rings. The highest BCUT2D eigenvalue weighted by Gasteiger charge is 2.72. The topological polar surface area (TPSA) is 97.0 Å². The smallest absolute Gasteiger partial charge is 0.246 e. The number of aryl methyl sites for hydroxylation is 1. The number of anilines is 1. The lowest BCUT2D eigenvalue weighted by atomic mass is 9.74. The van der Waals surface area contributed by atoms with Crippen LogP contribution in [-0.2, 0) is 25.7 Å². The maximum Gasteiger partial charge on any atom is 0.246 e. The Morgan fingerprint density at radius 2 is 1.61 bits per heavy atom. The lowest BCUT2D eigenvalue weighted by Crippen LogP contribution is -2.56. The number of para-hydroxylation sites is 1. The molecule has 3 aliphatic heterocycles. The second-order valence-electron chi connectivity index (χ2n) is 12.4. The van der Waals surface area contributed by atoms with Crippen molar-refractivity contribution < 1.29 is 23.9 Å². The second kappa shape index (κ2) is 11.6. The molecule has 3 amide bonds. The van der Waals surface area contributed by atoms with E-state index < -0.39 is 29.6 Å². The Bertz CT molecular complexity index is 1570. The zero-order valence-electron chi connectivity index (χ0n) is 24.8. The van der Waals surface area contributed by atoms with E-state index in [1.54, 1.807) is 29.2 Å². The highest BCUT2D eigenvalue weighted by molar-refractivity contribution is 6.02. The molecule has 44 heavy (non-hydrogen) atoms. The van der Waals surface area contributed by atoms with E-state index >= 15 is 0 Å². The van der Waals surface area contributed by atoms with Crippen LogP contribution in [0.15, 0.2) is 91.0 Å². The molecule has 1 saturated carbocycles. The number of ether oxygens (including phenoxy) is 2. The van der Waals surface area contributed by atoms with Crippen LogP contribution in [0.25, 0.3) is 0 Å². The first-order valence-corrected chi connectivity index (χ1v) is 15.6. The molecule has 8 nitrogen and oxygen atoms in total. The van der Waals surface area contributed by atoms with Gasteiger partial charge in [-0.25, -0.2) is 0 Å². The molecule has 3 aromatic rings. The average molecular weight is 592 g/mol. The molecule has 3 aromatic carbocycles. The quantitative estimate of drug-likeness (QED) is 0.336. The Kier molecular flexibility index (Phi) is 7.46. The number of likely N-dealkylation sites (tertiary alicyclic amines) is 1. The third-order valence-electron chi connectivity index (χ3n) is 9.45. The molecule has 1 spiro atoms. The molecule has 3 heterocycles. The first-order valence-electron chi connectivity index (χ1n) is 15.6. The Balaban J connectivity index is 1.13. The van der Waals surface area contributed by atoms with Gasteiger partial charge in [-0.05, 0) is 61.7 Å². The summed E-state index contributed by atoms with van der Waals surface area (Å²) in [7, 11) is 0. The average Bonchev–Trinajstić information content (AvgIpc) is 3.68. The predicted molar refractivity (Wildman–Crippen MR) is 166 cm³/mol. The van der Waals surface area contributed by atoms with Crippen molar-refractivity contribution in [1.29, 1.82) is 0 Å². The second-order valence-corrected chi connectivity index (χ2v) is 12.4. The summed E-state index contributed by atoms with van der Waals surface area (Å²) in [6.45, 7) is 2.28. The number of hydrogen-bond donors (Lipinski definition) is 2. The molecule has 2 N–H and O–H groups in total. The Morgan fingerprint density at radius 1 is 0.909 bits per heavy atom. The molecule has 226 valence electrons. The van der Waals surface area contributed by atoms with Crippen molar-refractivity contribution in [2.24, 2.45) is 11.8 Å². The summed E-state index contributed by atoms with van der Waals surface area (Å²) in [5.74, 6) is -0.944. The summed E-state index contributed by atoms with van der Waals surface area (Å²) >= 11 is 0. The van der Waals surface area contributed by atoms with Gasteiger partial charge in [0.05, 0.1) is 17.9 Å². The number of carbonyl (C=O) groups is 3. The lowest BCUT2D eigenvalue weighted by molar-refractivity contribution is -0.142. The van der Waals surface area contributed by atoms with Crippen LogP contribution in [0, 0.1) is 18.8 Å². The van der Waals surface area contributed by atoms with Crippen LogP contribution >= 0.6 is 0 Å². The SMILES string of the molecule is Cc1ccc(CN2C(=O)[C@H]3[C@H](C(=O)Nc4ccc(Oc5ccccc5)cc4)[C@H]4C=C[C@@]3(O4)[C@@H]2C(=O)NC2CCCCC2)cc1. The van der Waals surface area contributed by atoms with Gasteiger partial charge in [0.15, 0.2) is 0 Å². The standard InChI is InChI=1S/C36H37N3O5/c1-23-12-14-24(15-13-23)22-39-32(34(41)38-25-8-4-2-5-9-25)36-21-20-29(44-36)30(31(36)35(39)42)33(40)37-26-16-18-28(19-17-26)43-27-10-6-3-7-11-27/h3,6-7,10-21,25,29-32H,2,4-5,8-9,22H2,1H3,(H,37,40)(H,38,41)/t29-,30-,31-,32+,36+/m1/s1. The Labute approximate surface area is 257 Å². The van der Waals surface area contributed by atoms with Gasteiger partial charge >= 0.3 is 0 Å². The minimum Gasteiger partial charge on any atom is -0.457 e. The van der Waals surface area contributed by atoms with Crippen LogP contribution in [0.4, 0.5) is 5.69 Å². The van der Waals surface area contributed by atoms with Gasteiger partial charge in [-0.1, -0.05) is 79.4 Å². The summed E-state index contributed by atoms with van der Waals surface area (Å²) in [6, 6.07) is 23.8. The number of rotatable bonds is 8. The van der Waals surface area contributed by atoms with Crippen LogP contribution in [0.5, 0.6) is 11.5 Å². The lowest BCUT2D eigenvalue weighted by Gasteiger charge is -2.34. The van der Waals surface area contributed by atoms with Gasteiger partial charge in [-0.3, -0.25) is 14.4 Å². The van der Waals surface area contributed by atoms with Crippen LogP contribution in [-0.4, -0.2) is 46.4 Å². The fourth-order valence-corrected chi connectivity index (χ4v) is 7.31. The van der Waals surface area contributed by atoms with E-state index in [-0.39, 0.29) is 30.3 Å². The van der Waals surface area contributed by atoms with Gasteiger partial charge in [0.1, 0.15) is 23.1 Å². The monoisotopic (exact) mass is 591 g/mol. The van der Waals surface area contributed by atoms with Gasteiger partial charge in [-0.15, -0.1) is 0 Å². The van der Waals surface area contributed by atoms with Gasteiger partial charge in [0.2, 0.25) is 17.7 Å². The summed E-state index contributed by atoms with van der Waals surface area (Å²) in [4.78, 5) is 43.8. The molecule has 8 heteroatoms. The minimum absolute atomic E-state index is 0.0820. The highest BCUT2D eigenvalue weighted by atomic mass is 16.5. The van der Waals surface area contributed by atoms with E-state index in [2.05, 4.69) is 10.6 Å². The third-order valence-corrected chi connectivity index (χ3v) is 9.45. The maximum absolute atomic E-state index is 14.3. The van der Waals surface area contributed by atoms with Crippen LogP contribution < -0.4 is 15.4 Å². The van der Waals surface area contributed by atoms with Gasteiger partial charge in [-0.2, -0.15) is 0 Å². The molecule has 2 saturated heterocycles. The van der Waals surface area contributed by atoms with Gasteiger partial charge in [0, 0.05) is 18.3 Å². The highest BCUT2D eigenvalue weighted by Crippen LogP contribution is 2.55. The molecular formula is C36H37N3O5. The minimum atomic E-state index is -1.19. The van der Waals surface area contributed by atoms with Gasteiger partial charge in [0.25, 0.3) is 0 Å². The molecule has 1 aliphatic carbocycles. The zero-order chi connectivity index (χ0) is 30.3. The number of fused-ring (bicyclic) bond motifs is 1. The van der Waals surface area contributed by atoms with Crippen molar-refractivity contribution in [2.75, 3.05) is 5.32 Å². The maximum atomic E-state index is 14.3. The van der Waals surface area contributed by atoms with Crippen molar-refractivity contribution >= 4 is 23.4 Å². The Morgan fingerprint density at radius 3 is 2.34 bits per heavy atom. The van der Waals surface area contributed by atoms with Crippen molar-refractivity contribution in [3.05, 3.63) is 102 Å². The molecule has 0 aromatic heterocycles. The zero-order valence-corrected chi connectivity index (χ0v) is 24.8. The number of carbonyl (C=O) groups excluding carboxylic acids is 3. The number of benzene rings is 3. The molecule has 0 unspecified atom stereocenters. The molecule has 5 atom stereocenters. The van der Waals surface area contributed by atoms with E-state index in [9.17, 15) is 14.4 Å². The van der Waals surface area contributed by atoms with E-state index in [0.717, 1.165) is 42.6 Å². The van der Waals surface area contributed by atoms with Crippen LogP contribution in [0.1, 0.15) is 43.2 Å². The van der Waals surface area contributed by atoms with E-state index in [0.29, 0.717) is 11.4 Å². The first kappa shape index (κ1) is 28.3. The van der Waals surface area contributed by atoms with E-state index in [1.807, 2.05) is 73.7 Å². The van der Waals surface area contributed by atoms with Crippen LogP contribution in [0.3, 0.4) is 0 Å². The van der Waals surface area contributed by atoms with Gasteiger partial charge < -0.3 is 25.0 Å². The van der Waals surface area contributed by atoms with E-state index in [1.165, 1.54) is 6.42 Å². The fourth-order valence-electron chi connectivity index (χ4n) is 7.31. The van der Waals surface area contributed by atoms with E-state index in [4.69, 9.17) is 9.47 Å². The normalized spacial score (nSPS) is 27.3. The number of nitrogens with one attached hydrogen (secondary N) is 2.